The minimum absolute atomic E-state index is 0.00391. The molecule has 2 heterocycles. The molecule has 1 unspecified atom stereocenters. The molecule has 4 atom stereocenters. The molecule has 1 fully saturated rings. The van der Waals surface area contributed by atoms with Crippen LogP contribution >= 0.6 is 8.18 Å². The first-order valence-corrected chi connectivity index (χ1v) is 16.2. The summed E-state index contributed by atoms with van der Waals surface area (Å²) < 4.78 is 44.6. The van der Waals surface area contributed by atoms with E-state index in [2.05, 4.69) is 10.1 Å². The minimum Gasteiger partial charge on any atom is -0.497 e. The summed E-state index contributed by atoms with van der Waals surface area (Å²) in [6, 6.07) is 25.0. The van der Waals surface area contributed by atoms with Crippen LogP contribution in [-0.2, 0) is 24.2 Å². The lowest BCUT2D eigenvalue weighted by Crippen LogP contribution is -2.38. The first-order valence-electron chi connectivity index (χ1n) is 15.0. The number of nitrogens with one attached hydrogen (secondary N) is 2. The maximum Gasteiger partial charge on any atom is 0.613 e. The van der Waals surface area contributed by atoms with E-state index in [9.17, 15) is 14.2 Å². The van der Waals surface area contributed by atoms with Gasteiger partial charge in [0.25, 0.3) is 5.56 Å². The van der Waals surface area contributed by atoms with Gasteiger partial charge in [-0.15, -0.1) is 4.52 Å². The number of aromatic amines is 1. The summed E-state index contributed by atoms with van der Waals surface area (Å²) >= 11 is 0. The second kappa shape index (κ2) is 14.5. The molecule has 3 aromatic carbocycles. The van der Waals surface area contributed by atoms with Gasteiger partial charge in [0, 0.05) is 24.2 Å². The Bertz CT molecular complexity index is 1690. The van der Waals surface area contributed by atoms with E-state index in [1.807, 2.05) is 92.7 Å². The van der Waals surface area contributed by atoms with Crippen LogP contribution in [0.25, 0.3) is 0 Å². The summed E-state index contributed by atoms with van der Waals surface area (Å²) in [6.07, 6.45) is -0.585. The first kappa shape index (κ1) is 33.2. The third kappa shape index (κ3) is 7.14. The maximum absolute atomic E-state index is 12.9. The fourth-order valence-corrected chi connectivity index (χ4v) is 6.53. The van der Waals surface area contributed by atoms with Gasteiger partial charge in [-0.3, -0.25) is 14.3 Å². The summed E-state index contributed by atoms with van der Waals surface area (Å²) in [5.74, 6) is 1.39. The van der Waals surface area contributed by atoms with Crippen LogP contribution in [0, 0.1) is 6.92 Å². The van der Waals surface area contributed by atoms with Crippen LogP contribution in [-0.4, -0.2) is 48.6 Å². The lowest BCUT2D eigenvalue weighted by molar-refractivity contribution is -0.0912. The number of H-pyrrole nitrogens is 1. The number of hydrogen-bond donors (Lipinski definition) is 2. The van der Waals surface area contributed by atoms with Gasteiger partial charge in [0.1, 0.15) is 35.5 Å². The van der Waals surface area contributed by atoms with Crippen molar-refractivity contribution in [2.24, 2.45) is 0 Å². The molecule has 0 saturated carbocycles. The second-order valence-electron chi connectivity index (χ2n) is 11.3. The highest BCUT2D eigenvalue weighted by Gasteiger charge is 2.46. The molecule has 0 bridgehead atoms. The standard InChI is InChI=1S/C34H38N3O8P/c1-22(2)36-46(40)45-29-19-31(37-20-23(3)32(38)35-33(37)39)44-30(29)21-43-34(24-9-7-6-8-10-24,25-11-15-27(41-4)16-12-25)26-13-17-28(42-5)18-14-26/h6-18,20,22,29-31H,19,21H2,1-5H3,(H-,35,36,38,39,40)/p+1/t29-,30+,31+/m0/s1. The topological polar surface area (TPSA) is 130 Å². The lowest BCUT2D eigenvalue weighted by Gasteiger charge is -2.37. The third-order valence-electron chi connectivity index (χ3n) is 7.87. The van der Waals surface area contributed by atoms with Crippen LogP contribution in [0.5, 0.6) is 11.5 Å². The number of methoxy groups -OCH3 is 2. The van der Waals surface area contributed by atoms with Gasteiger partial charge in [-0.2, -0.15) is 0 Å². The predicted octanol–water partition coefficient (Wildman–Crippen LogP) is 5.20. The molecule has 1 aromatic heterocycles. The van der Waals surface area contributed by atoms with Gasteiger partial charge in [-0.25, -0.2) is 4.79 Å². The molecule has 0 spiro atoms. The van der Waals surface area contributed by atoms with E-state index in [0.29, 0.717) is 17.1 Å². The summed E-state index contributed by atoms with van der Waals surface area (Å²) in [5, 5.41) is 2.90. The van der Waals surface area contributed by atoms with Gasteiger partial charge in [0.2, 0.25) is 0 Å². The molecule has 4 aromatic rings. The van der Waals surface area contributed by atoms with Gasteiger partial charge in [0.05, 0.1) is 20.8 Å². The molecule has 1 aliphatic heterocycles. The molecule has 242 valence electrons. The molecule has 0 aliphatic carbocycles. The van der Waals surface area contributed by atoms with E-state index in [1.54, 1.807) is 21.1 Å². The first-order chi connectivity index (χ1) is 22.1. The van der Waals surface area contributed by atoms with Gasteiger partial charge < -0.3 is 18.9 Å². The normalized spacial score (nSPS) is 18.5. The fourth-order valence-electron chi connectivity index (χ4n) is 5.58. The number of aromatic nitrogens is 2. The van der Waals surface area contributed by atoms with Crippen molar-refractivity contribution in [3.8, 4) is 11.5 Å². The van der Waals surface area contributed by atoms with Crippen molar-refractivity contribution in [1.82, 2.24) is 14.6 Å². The average Bonchev–Trinajstić information content (AvgIpc) is 3.45. The Hall–Kier alpha value is -4.12. The minimum atomic E-state index is -2.25. The molecule has 0 amide bonds. The van der Waals surface area contributed by atoms with Crippen molar-refractivity contribution >= 4 is 8.18 Å². The Kier molecular flexibility index (Phi) is 10.5. The van der Waals surface area contributed by atoms with Crippen LogP contribution in [0.3, 0.4) is 0 Å². The van der Waals surface area contributed by atoms with E-state index in [4.69, 9.17) is 23.5 Å². The Balaban J connectivity index is 1.57. The molecular weight excluding hydrogens is 609 g/mol. The predicted molar refractivity (Wildman–Crippen MR) is 174 cm³/mol. The third-order valence-corrected chi connectivity index (χ3v) is 9.06. The van der Waals surface area contributed by atoms with Crippen LogP contribution in [0.4, 0.5) is 0 Å². The van der Waals surface area contributed by atoms with E-state index < -0.39 is 43.5 Å². The molecule has 46 heavy (non-hydrogen) atoms. The summed E-state index contributed by atoms with van der Waals surface area (Å²) in [5.41, 5.74) is 0.666. The molecule has 5 rings (SSSR count). The second-order valence-corrected chi connectivity index (χ2v) is 12.3. The van der Waals surface area contributed by atoms with Crippen molar-refractivity contribution < 1.29 is 28.0 Å². The lowest BCUT2D eigenvalue weighted by atomic mass is 9.80. The Labute approximate surface area is 268 Å². The summed E-state index contributed by atoms with van der Waals surface area (Å²) in [4.78, 5) is 27.2. The Morgan fingerprint density at radius 1 is 0.935 bits per heavy atom. The Morgan fingerprint density at radius 3 is 2.04 bits per heavy atom. The van der Waals surface area contributed by atoms with E-state index in [-0.39, 0.29) is 19.1 Å². The molecule has 11 nitrogen and oxygen atoms in total. The quantitative estimate of drug-likeness (QED) is 0.148. The van der Waals surface area contributed by atoms with Crippen LogP contribution < -0.4 is 25.8 Å². The van der Waals surface area contributed by atoms with Gasteiger partial charge in [0.15, 0.2) is 0 Å². The van der Waals surface area contributed by atoms with Crippen LogP contribution in [0.1, 0.15) is 48.8 Å². The highest BCUT2D eigenvalue weighted by Crippen LogP contribution is 2.43. The number of hydrogen-bond acceptors (Lipinski definition) is 8. The number of rotatable bonds is 13. The van der Waals surface area contributed by atoms with Gasteiger partial charge in [-0.1, -0.05) is 59.7 Å². The molecule has 1 saturated heterocycles. The number of benzene rings is 3. The SMILES string of the molecule is COc1ccc(C(OC[C@H]2O[C@@H](n3cc(C)c(=O)[nH]c3=O)C[C@@H]2O[P+](=O)NC(C)C)(c2ccccc2)c2ccc(OC)cc2)cc1. The monoisotopic (exact) mass is 648 g/mol. The molecule has 2 N–H and O–H groups in total. The van der Waals surface area contributed by atoms with E-state index in [1.165, 1.54) is 10.8 Å². The largest absolute Gasteiger partial charge is 0.613 e. The van der Waals surface area contributed by atoms with Gasteiger partial charge in [-0.05, 0) is 66.3 Å². The smallest absolute Gasteiger partial charge is 0.497 e. The molecule has 12 heteroatoms. The maximum atomic E-state index is 12.9. The van der Waals surface area contributed by atoms with Crippen molar-refractivity contribution in [1.29, 1.82) is 0 Å². The van der Waals surface area contributed by atoms with Crippen LogP contribution in [0.15, 0.2) is 94.6 Å². The number of nitrogens with zero attached hydrogens (tertiary/aromatic N) is 1. The van der Waals surface area contributed by atoms with E-state index in [0.717, 1.165) is 16.7 Å². The molecular formula is C34H39N3O8P+. The number of ether oxygens (including phenoxy) is 4. The molecule has 0 radical (unpaired) electrons. The zero-order valence-electron chi connectivity index (χ0n) is 26.5. The highest BCUT2D eigenvalue weighted by atomic mass is 31.1. The van der Waals surface area contributed by atoms with Crippen LogP contribution in [0.2, 0.25) is 0 Å². The van der Waals surface area contributed by atoms with Crippen molar-refractivity contribution in [2.75, 3.05) is 20.8 Å². The summed E-state index contributed by atoms with van der Waals surface area (Å²) in [6.45, 7) is 5.34. The highest BCUT2D eigenvalue weighted by molar-refractivity contribution is 7.36. The zero-order chi connectivity index (χ0) is 32.8. The number of aryl methyl sites for hydroxylation is 1. The van der Waals surface area contributed by atoms with Gasteiger partial charge >= 0.3 is 13.9 Å². The average molecular weight is 649 g/mol. The fraction of sp³-hybridized carbons (Fsp3) is 0.353. The summed E-state index contributed by atoms with van der Waals surface area (Å²) in [7, 11) is 0.971. The zero-order valence-corrected chi connectivity index (χ0v) is 27.4. The van der Waals surface area contributed by atoms with Crippen molar-refractivity contribution in [3.63, 3.8) is 0 Å². The van der Waals surface area contributed by atoms with Crippen molar-refractivity contribution in [3.05, 3.63) is 128 Å². The molecule has 1 aliphatic rings. The Morgan fingerprint density at radius 2 is 1.50 bits per heavy atom. The van der Waals surface area contributed by atoms with Crippen molar-refractivity contribution in [2.45, 2.75) is 57.3 Å². The van der Waals surface area contributed by atoms with E-state index >= 15 is 0 Å².